The quantitative estimate of drug-likeness (QED) is 0.148. The molecule has 1 unspecified atom stereocenters. The molecule has 9 nitrogen and oxygen atoms in total. The molecule has 10 heteroatoms. The molecule has 2 heterocycles. The van der Waals surface area contributed by atoms with Crippen molar-refractivity contribution in [2.24, 2.45) is 0 Å². The van der Waals surface area contributed by atoms with Crippen LogP contribution in [0.5, 0.6) is 5.75 Å². The molecule has 2 fully saturated rings. The number of anilines is 2. The van der Waals surface area contributed by atoms with Gasteiger partial charge in [0.25, 0.3) is 5.91 Å². The third kappa shape index (κ3) is 8.15. The van der Waals surface area contributed by atoms with Crippen LogP contribution >= 0.6 is 11.8 Å². The van der Waals surface area contributed by atoms with Crippen molar-refractivity contribution in [3.05, 3.63) is 83.4 Å². The topological polar surface area (TPSA) is 114 Å². The van der Waals surface area contributed by atoms with Crippen molar-refractivity contribution >= 4 is 41.0 Å². The van der Waals surface area contributed by atoms with Gasteiger partial charge in [0.05, 0.1) is 25.0 Å². The molecular weight excluding hydrogens is 600 g/mol. The van der Waals surface area contributed by atoms with E-state index < -0.39 is 11.6 Å². The van der Waals surface area contributed by atoms with Gasteiger partial charge in [-0.1, -0.05) is 48.5 Å². The van der Waals surface area contributed by atoms with Gasteiger partial charge in [0, 0.05) is 30.2 Å². The van der Waals surface area contributed by atoms with Gasteiger partial charge in [-0.3, -0.25) is 14.5 Å². The molecule has 0 bridgehead atoms. The Labute approximate surface area is 275 Å². The van der Waals surface area contributed by atoms with Crippen LogP contribution in [0, 0.1) is 0 Å². The van der Waals surface area contributed by atoms with Crippen LogP contribution < -0.4 is 15.8 Å². The molecule has 0 radical (unpaired) electrons. The van der Waals surface area contributed by atoms with Crippen LogP contribution in [0.4, 0.5) is 16.2 Å². The molecule has 0 spiro atoms. The van der Waals surface area contributed by atoms with Crippen molar-refractivity contribution in [2.75, 3.05) is 31.2 Å². The molecule has 5 rings (SSSR count). The van der Waals surface area contributed by atoms with E-state index in [4.69, 9.17) is 15.2 Å². The number of nitrogen functional groups attached to an aromatic ring is 1. The van der Waals surface area contributed by atoms with Crippen LogP contribution in [0.3, 0.4) is 0 Å². The monoisotopic (exact) mass is 644 g/mol. The van der Waals surface area contributed by atoms with Gasteiger partial charge < -0.3 is 25.4 Å². The summed E-state index contributed by atoms with van der Waals surface area (Å²) in [5, 5.41) is 3.39. The summed E-state index contributed by atoms with van der Waals surface area (Å²) in [5.41, 5.74) is 10.8. The molecule has 2 saturated heterocycles. The van der Waals surface area contributed by atoms with Crippen molar-refractivity contribution in [1.29, 1.82) is 0 Å². The molecule has 3 aromatic rings. The predicted octanol–water partition coefficient (Wildman–Crippen LogP) is 6.81. The Morgan fingerprint density at radius 1 is 0.957 bits per heavy atom. The lowest BCUT2D eigenvalue weighted by atomic mass is 9.89. The first kappa shape index (κ1) is 33.2. The molecule has 2 aliphatic heterocycles. The number of imide groups is 1. The van der Waals surface area contributed by atoms with Crippen LogP contribution in [0.2, 0.25) is 0 Å². The van der Waals surface area contributed by atoms with Crippen LogP contribution in [-0.2, 0) is 26.6 Å². The van der Waals surface area contributed by atoms with Crippen LogP contribution in [-0.4, -0.2) is 59.5 Å². The Balaban J connectivity index is 1.34. The molecule has 3 N–H and O–H groups in total. The summed E-state index contributed by atoms with van der Waals surface area (Å²) in [6, 6.07) is 21.1. The van der Waals surface area contributed by atoms with E-state index in [1.165, 1.54) is 10.5 Å². The number of carbonyl (C=O) groups is 3. The van der Waals surface area contributed by atoms with Crippen LogP contribution in [0.15, 0.2) is 71.6 Å². The highest BCUT2D eigenvalue weighted by Gasteiger charge is 2.35. The van der Waals surface area contributed by atoms with Gasteiger partial charge in [0.15, 0.2) is 0 Å². The molecule has 3 amide bonds. The largest absolute Gasteiger partial charge is 0.497 e. The minimum Gasteiger partial charge on any atom is -0.497 e. The zero-order chi connectivity index (χ0) is 32.8. The van der Waals surface area contributed by atoms with E-state index in [0.717, 1.165) is 34.6 Å². The van der Waals surface area contributed by atoms with E-state index in [1.54, 1.807) is 23.8 Å². The maximum absolute atomic E-state index is 13.6. The average molecular weight is 645 g/mol. The van der Waals surface area contributed by atoms with Crippen LogP contribution in [0.25, 0.3) is 0 Å². The second-order valence-corrected chi connectivity index (χ2v) is 13.8. The fourth-order valence-corrected chi connectivity index (χ4v) is 7.06. The summed E-state index contributed by atoms with van der Waals surface area (Å²) in [5.74, 6) is 1.24. The average Bonchev–Trinajstić information content (AvgIpc) is 3.04. The number of amides is 3. The first-order chi connectivity index (χ1) is 22.0. The van der Waals surface area contributed by atoms with Gasteiger partial charge >= 0.3 is 6.09 Å². The minimum atomic E-state index is -0.576. The van der Waals surface area contributed by atoms with E-state index in [1.807, 2.05) is 69.3 Å². The van der Waals surface area contributed by atoms with E-state index in [2.05, 4.69) is 23.5 Å². The summed E-state index contributed by atoms with van der Waals surface area (Å²) >= 11 is 1.69. The first-order valence-corrected chi connectivity index (χ1v) is 16.8. The summed E-state index contributed by atoms with van der Waals surface area (Å²) in [4.78, 5) is 43.2. The Morgan fingerprint density at radius 3 is 2.30 bits per heavy atom. The lowest BCUT2D eigenvalue weighted by Gasteiger charge is -2.35. The Hall–Kier alpha value is -4.18. The molecular formula is C36H44N4O5S. The SMILES string of the molecule is COc1ccc(CN2C(=O)CCC(Nc3ccc(C4CCN(C(=O)OC(C)(C)C)CC4)c(SCc4ccccc4)c3N)C2=O)cc1. The highest BCUT2D eigenvalue weighted by Crippen LogP contribution is 2.43. The third-order valence-electron chi connectivity index (χ3n) is 8.38. The Bertz CT molecular complexity index is 1530. The van der Waals surface area contributed by atoms with Crippen LogP contribution in [0.1, 0.15) is 69.1 Å². The highest BCUT2D eigenvalue weighted by atomic mass is 32.2. The number of benzene rings is 3. The number of ether oxygens (including phenoxy) is 2. The Kier molecular flexibility index (Phi) is 10.5. The number of piperidine rings is 2. The summed E-state index contributed by atoms with van der Waals surface area (Å²) in [7, 11) is 1.60. The van der Waals surface area contributed by atoms with Crippen molar-refractivity contribution in [1.82, 2.24) is 9.80 Å². The number of likely N-dealkylation sites (tertiary alicyclic amines) is 2. The summed E-state index contributed by atoms with van der Waals surface area (Å²) < 4.78 is 10.8. The number of carbonyl (C=O) groups excluding carboxylic acids is 3. The van der Waals surface area contributed by atoms with Crippen molar-refractivity contribution in [3.8, 4) is 5.75 Å². The van der Waals surface area contributed by atoms with Gasteiger partial charge in [-0.25, -0.2) is 4.79 Å². The van der Waals surface area contributed by atoms with Gasteiger partial charge in [-0.05, 0) is 80.8 Å². The zero-order valence-electron chi connectivity index (χ0n) is 27.1. The van der Waals surface area contributed by atoms with E-state index in [0.29, 0.717) is 36.6 Å². The van der Waals surface area contributed by atoms with Crippen molar-refractivity contribution in [2.45, 2.75) is 81.2 Å². The second-order valence-electron chi connectivity index (χ2n) is 12.9. The molecule has 0 aromatic heterocycles. The zero-order valence-corrected chi connectivity index (χ0v) is 27.9. The predicted molar refractivity (Wildman–Crippen MR) is 182 cm³/mol. The number of thioether (sulfide) groups is 1. The highest BCUT2D eigenvalue weighted by molar-refractivity contribution is 7.98. The number of nitrogens with zero attached hydrogens (tertiary/aromatic N) is 2. The van der Waals surface area contributed by atoms with E-state index >= 15 is 0 Å². The maximum Gasteiger partial charge on any atom is 0.410 e. The number of nitrogens with two attached hydrogens (primary N) is 1. The first-order valence-electron chi connectivity index (χ1n) is 15.8. The Morgan fingerprint density at radius 2 is 1.65 bits per heavy atom. The molecule has 1 atom stereocenters. The number of rotatable bonds is 9. The molecule has 3 aromatic carbocycles. The molecule has 2 aliphatic rings. The fourth-order valence-electron chi connectivity index (χ4n) is 5.89. The fraction of sp³-hybridized carbons (Fsp3) is 0.417. The lowest BCUT2D eigenvalue weighted by molar-refractivity contribution is -0.149. The molecule has 46 heavy (non-hydrogen) atoms. The number of nitrogens with one attached hydrogen (secondary N) is 1. The van der Waals surface area contributed by atoms with E-state index in [9.17, 15) is 14.4 Å². The smallest absolute Gasteiger partial charge is 0.410 e. The summed E-state index contributed by atoms with van der Waals surface area (Å²) in [6.07, 6.45) is 1.99. The number of hydrogen-bond acceptors (Lipinski definition) is 8. The van der Waals surface area contributed by atoms with E-state index in [-0.39, 0.29) is 36.8 Å². The molecule has 0 aliphatic carbocycles. The number of methoxy groups -OCH3 is 1. The van der Waals surface area contributed by atoms with Gasteiger partial charge in [-0.2, -0.15) is 0 Å². The maximum atomic E-state index is 13.6. The second kappa shape index (κ2) is 14.5. The standard InChI is InChI=1S/C36H44N4O5S/c1-36(2,3)45-35(43)39-20-18-26(19-21-39)28-14-15-29(32(37)33(28)46-23-25-8-6-5-7-9-25)38-30-16-17-31(41)40(34(30)42)22-24-10-12-27(44-4)13-11-24/h5-15,26,30,38H,16-23,37H2,1-4H3. The number of hydrogen-bond donors (Lipinski definition) is 2. The minimum absolute atomic E-state index is 0.181. The van der Waals surface area contributed by atoms with Crippen molar-refractivity contribution < 1.29 is 23.9 Å². The third-order valence-corrected chi connectivity index (χ3v) is 9.60. The summed E-state index contributed by atoms with van der Waals surface area (Å²) in [6.45, 7) is 7.05. The normalized spacial score (nSPS) is 17.6. The van der Waals surface area contributed by atoms with Gasteiger partial charge in [-0.15, -0.1) is 11.8 Å². The van der Waals surface area contributed by atoms with Crippen molar-refractivity contribution in [3.63, 3.8) is 0 Å². The molecule has 244 valence electrons. The van der Waals surface area contributed by atoms with Gasteiger partial charge in [0.1, 0.15) is 17.4 Å². The lowest BCUT2D eigenvalue weighted by Crippen LogP contribution is -2.50. The molecule has 0 saturated carbocycles. The van der Waals surface area contributed by atoms with Gasteiger partial charge in [0.2, 0.25) is 5.91 Å².